The number of amides is 1. The molecule has 0 aliphatic rings. The maximum Gasteiger partial charge on any atom is 0.234 e. The molecular formula is C13H12FN5OS. The Morgan fingerprint density at radius 2 is 2.14 bits per heavy atom. The Balaban J connectivity index is 1.47. The fourth-order valence-electron chi connectivity index (χ4n) is 1.86. The molecule has 1 aromatic carbocycles. The Kier molecular flexibility index (Phi) is 3.87. The van der Waals surface area contributed by atoms with Crippen LogP contribution in [0, 0.1) is 5.82 Å². The second kappa shape index (κ2) is 5.96. The molecule has 0 atom stereocenters. The molecule has 0 radical (unpaired) electrons. The SMILES string of the molecule is O=C(Cc1ccc(F)cc1)NCCc1nn2cnnc2s1. The number of carbonyl (C=O) groups is 1. The Hall–Kier alpha value is -2.35. The molecule has 0 saturated heterocycles. The van der Waals surface area contributed by atoms with Crippen molar-refractivity contribution < 1.29 is 9.18 Å². The number of aromatic nitrogens is 4. The minimum absolute atomic E-state index is 0.0930. The van der Waals surface area contributed by atoms with Gasteiger partial charge in [-0.05, 0) is 17.7 Å². The molecule has 3 rings (SSSR count). The van der Waals surface area contributed by atoms with E-state index in [0.717, 1.165) is 15.5 Å². The quantitative estimate of drug-likeness (QED) is 0.769. The zero-order valence-electron chi connectivity index (χ0n) is 11.0. The van der Waals surface area contributed by atoms with Gasteiger partial charge in [0.1, 0.15) is 17.2 Å². The van der Waals surface area contributed by atoms with Crippen LogP contribution in [0.2, 0.25) is 0 Å². The van der Waals surface area contributed by atoms with Crippen molar-refractivity contribution in [1.29, 1.82) is 0 Å². The summed E-state index contributed by atoms with van der Waals surface area (Å²) >= 11 is 1.45. The van der Waals surface area contributed by atoms with Gasteiger partial charge in [-0.25, -0.2) is 4.39 Å². The molecule has 0 aliphatic heterocycles. The molecular weight excluding hydrogens is 293 g/mol. The molecule has 2 aromatic heterocycles. The summed E-state index contributed by atoms with van der Waals surface area (Å²) in [6.45, 7) is 0.504. The van der Waals surface area contributed by atoms with Crippen molar-refractivity contribution in [2.24, 2.45) is 0 Å². The Morgan fingerprint density at radius 3 is 2.90 bits per heavy atom. The minimum Gasteiger partial charge on any atom is -0.355 e. The zero-order chi connectivity index (χ0) is 14.7. The van der Waals surface area contributed by atoms with Crippen molar-refractivity contribution in [2.45, 2.75) is 12.8 Å². The molecule has 0 saturated carbocycles. The van der Waals surface area contributed by atoms with Crippen molar-refractivity contribution >= 4 is 22.2 Å². The van der Waals surface area contributed by atoms with Crippen LogP contribution in [-0.2, 0) is 17.6 Å². The summed E-state index contributed by atoms with van der Waals surface area (Å²) in [5.41, 5.74) is 0.785. The van der Waals surface area contributed by atoms with E-state index in [1.165, 1.54) is 23.5 Å². The summed E-state index contributed by atoms with van der Waals surface area (Å²) in [7, 11) is 0. The molecule has 0 fully saturated rings. The summed E-state index contributed by atoms with van der Waals surface area (Å²) < 4.78 is 14.4. The zero-order valence-corrected chi connectivity index (χ0v) is 11.8. The van der Waals surface area contributed by atoms with E-state index >= 15 is 0 Å². The molecule has 108 valence electrons. The molecule has 21 heavy (non-hydrogen) atoms. The van der Waals surface area contributed by atoms with Crippen LogP contribution in [0.4, 0.5) is 4.39 Å². The second-order valence-electron chi connectivity index (χ2n) is 4.46. The van der Waals surface area contributed by atoms with Gasteiger partial charge in [-0.2, -0.15) is 9.61 Å². The standard InChI is InChI=1S/C13H12FN5OS/c14-10-3-1-9(2-4-10)7-11(20)15-6-5-12-18-19-8-16-17-13(19)21-12/h1-4,8H,5-7H2,(H,15,20). The molecule has 1 N–H and O–H groups in total. The predicted molar refractivity (Wildman–Crippen MR) is 75.5 cm³/mol. The van der Waals surface area contributed by atoms with Crippen LogP contribution in [0.15, 0.2) is 30.6 Å². The summed E-state index contributed by atoms with van der Waals surface area (Å²) in [6, 6.07) is 5.92. The highest BCUT2D eigenvalue weighted by molar-refractivity contribution is 7.16. The predicted octanol–water partition coefficient (Wildman–Crippen LogP) is 1.23. The molecule has 3 aromatic rings. The molecule has 6 nitrogen and oxygen atoms in total. The third kappa shape index (κ3) is 3.40. The first-order valence-electron chi connectivity index (χ1n) is 6.37. The van der Waals surface area contributed by atoms with E-state index in [0.29, 0.717) is 13.0 Å². The summed E-state index contributed by atoms with van der Waals surface area (Å²) in [6.07, 6.45) is 2.43. The third-order valence-electron chi connectivity index (χ3n) is 2.87. The topological polar surface area (TPSA) is 72.2 Å². The van der Waals surface area contributed by atoms with Crippen molar-refractivity contribution in [1.82, 2.24) is 25.1 Å². The maximum absolute atomic E-state index is 12.8. The molecule has 2 heterocycles. The average molecular weight is 305 g/mol. The highest BCUT2D eigenvalue weighted by Gasteiger charge is 2.07. The Labute approximate surface area is 123 Å². The van der Waals surface area contributed by atoms with E-state index in [2.05, 4.69) is 20.6 Å². The van der Waals surface area contributed by atoms with Crippen LogP contribution in [0.25, 0.3) is 4.96 Å². The van der Waals surface area contributed by atoms with Gasteiger partial charge in [-0.15, -0.1) is 10.2 Å². The van der Waals surface area contributed by atoms with E-state index in [4.69, 9.17) is 0 Å². The van der Waals surface area contributed by atoms with E-state index < -0.39 is 0 Å². The van der Waals surface area contributed by atoms with E-state index in [1.807, 2.05) is 0 Å². The average Bonchev–Trinajstić information content (AvgIpc) is 3.02. The van der Waals surface area contributed by atoms with Crippen molar-refractivity contribution in [3.8, 4) is 0 Å². The van der Waals surface area contributed by atoms with Gasteiger partial charge >= 0.3 is 0 Å². The van der Waals surface area contributed by atoms with Crippen LogP contribution in [0.5, 0.6) is 0 Å². The number of carbonyl (C=O) groups excluding carboxylic acids is 1. The highest BCUT2D eigenvalue weighted by atomic mass is 32.1. The molecule has 0 unspecified atom stereocenters. The first-order valence-corrected chi connectivity index (χ1v) is 7.19. The largest absolute Gasteiger partial charge is 0.355 e. The first-order chi connectivity index (χ1) is 10.2. The van der Waals surface area contributed by atoms with Gasteiger partial charge in [0.05, 0.1) is 6.42 Å². The van der Waals surface area contributed by atoms with Crippen molar-refractivity contribution in [2.75, 3.05) is 6.54 Å². The van der Waals surface area contributed by atoms with Gasteiger partial charge in [-0.1, -0.05) is 23.5 Å². The number of nitrogens with zero attached hydrogens (tertiary/aromatic N) is 4. The first kappa shape index (κ1) is 13.6. The summed E-state index contributed by atoms with van der Waals surface area (Å²) in [4.78, 5) is 12.5. The van der Waals surface area contributed by atoms with E-state index in [-0.39, 0.29) is 18.1 Å². The lowest BCUT2D eigenvalue weighted by molar-refractivity contribution is -0.120. The number of hydrogen-bond donors (Lipinski definition) is 1. The Morgan fingerprint density at radius 1 is 1.33 bits per heavy atom. The molecule has 1 amide bonds. The van der Waals surface area contributed by atoms with Crippen LogP contribution in [-0.4, -0.2) is 32.3 Å². The smallest absolute Gasteiger partial charge is 0.234 e. The lowest BCUT2D eigenvalue weighted by Gasteiger charge is -2.04. The number of fused-ring (bicyclic) bond motifs is 1. The van der Waals surface area contributed by atoms with Gasteiger partial charge in [0.15, 0.2) is 0 Å². The molecule has 0 spiro atoms. The van der Waals surface area contributed by atoms with Crippen molar-refractivity contribution in [3.05, 3.63) is 47.0 Å². The maximum atomic E-state index is 12.8. The number of nitrogens with one attached hydrogen (secondary N) is 1. The lowest BCUT2D eigenvalue weighted by atomic mass is 10.1. The molecule has 0 aliphatic carbocycles. The van der Waals surface area contributed by atoms with Crippen LogP contribution >= 0.6 is 11.3 Å². The normalized spacial score (nSPS) is 10.9. The van der Waals surface area contributed by atoms with Gasteiger partial charge in [0.25, 0.3) is 0 Å². The number of benzene rings is 1. The van der Waals surface area contributed by atoms with Gasteiger partial charge in [0.2, 0.25) is 10.9 Å². The van der Waals surface area contributed by atoms with Gasteiger partial charge in [0, 0.05) is 13.0 Å². The van der Waals surface area contributed by atoms with E-state index in [9.17, 15) is 9.18 Å². The van der Waals surface area contributed by atoms with Crippen LogP contribution in [0.1, 0.15) is 10.6 Å². The Bertz CT molecular complexity index is 723. The van der Waals surface area contributed by atoms with Crippen LogP contribution in [0.3, 0.4) is 0 Å². The van der Waals surface area contributed by atoms with Crippen molar-refractivity contribution in [3.63, 3.8) is 0 Å². The number of rotatable bonds is 5. The van der Waals surface area contributed by atoms with E-state index in [1.54, 1.807) is 23.0 Å². The summed E-state index contributed by atoms with van der Waals surface area (Å²) in [5.74, 6) is -0.396. The number of halogens is 1. The highest BCUT2D eigenvalue weighted by Crippen LogP contribution is 2.11. The fraction of sp³-hybridized carbons (Fsp3) is 0.231. The molecule has 8 heteroatoms. The van der Waals surface area contributed by atoms with Gasteiger partial charge < -0.3 is 5.32 Å². The second-order valence-corrected chi connectivity index (χ2v) is 5.50. The lowest BCUT2D eigenvalue weighted by Crippen LogP contribution is -2.27. The van der Waals surface area contributed by atoms with Crippen LogP contribution < -0.4 is 5.32 Å². The number of hydrogen-bond acceptors (Lipinski definition) is 5. The monoisotopic (exact) mass is 305 g/mol. The summed E-state index contributed by atoms with van der Waals surface area (Å²) in [5, 5.41) is 15.6. The minimum atomic E-state index is -0.303. The van der Waals surface area contributed by atoms with Gasteiger partial charge in [-0.3, -0.25) is 4.79 Å². The molecule has 0 bridgehead atoms. The third-order valence-corrected chi connectivity index (χ3v) is 3.84. The fourth-order valence-corrected chi connectivity index (χ4v) is 2.67.